The quantitative estimate of drug-likeness (QED) is 0.334. The molecule has 1 aliphatic heterocycles. The van der Waals surface area contributed by atoms with Gasteiger partial charge in [-0.1, -0.05) is 0 Å². The van der Waals surface area contributed by atoms with Crippen molar-refractivity contribution in [2.75, 3.05) is 0 Å². The Morgan fingerprint density at radius 2 is 1.59 bits per heavy atom. The number of pyridine rings is 1. The molecule has 0 radical (unpaired) electrons. The molecule has 3 atom stereocenters. The van der Waals surface area contributed by atoms with Crippen molar-refractivity contribution in [1.29, 1.82) is 0 Å². The molecule has 0 spiro atoms. The molecule has 1 aliphatic rings. The second-order valence-electron chi connectivity index (χ2n) is 9.29. The summed E-state index contributed by atoms with van der Waals surface area (Å²) in [7, 11) is -4.42. The summed E-state index contributed by atoms with van der Waals surface area (Å²) in [6, 6.07) is 2.06. The van der Waals surface area contributed by atoms with Crippen LogP contribution < -0.4 is 0 Å². The molecular weight excluding hydrogens is 588 g/mol. The van der Waals surface area contributed by atoms with Crippen LogP contribution in [0.2, 0.25) is 0 Å². The van der Waals surface area contributed by atoms with Gasteiger partial charge in [0.2, 0.25) is 15.8 Å². The number of carbonyl (C=O) groups is 1. The van der Waals surface area contributed by atoms with Gasteiger partial charge in [-0.15, -0.1) is 0 Å². The highest BCUT2D eigenvalue weighted by Gasteiger charge is 2.48. The first-order chi connectivity index (χ1) is 19.0. The fraction of sp³-hybridized carbons (Fsp3) is 0.360. The van der Waals surface area contributed by atoms with Gasteiger partial charge in [0, 0.05) is 42.6 Å². The molecule has 0 bridgehead atoms. The van der Waals surface area contributed by atoms with Crippen molar-refractivity contribution in [2.24, 2.45) is 0 Å². The molecule has 220 valence electrons. The Kier molecular flexibility index (Phi) is 8.19. The Morgan fingerprint density at radius 3 is 2.15 bits per heavy atom. The fourth-order valence-corrected chi connectivity index (χ4v) is 6.32. The summed E-state index contributed by atoms with van der Waals surface area (Å²) in [5.74, 6) is -2.98. The van der Waals surface area contributed by atoms with E-state index in [2.05, 4.69) is 15.0 Å². The average Bonchev–Trinajstić information content (AvgIpc) is 3.21. The fourth-order valence-electron chi connectivity index (χ4n) is 4.48. The van der Waals surface area contributed by atoms with Crippen LogP contribution in [0.3, 0.4) is 0 Å². The van der Waals surface area contributed by atoms with Gasteiger partial charge in [0.15, 0.2) is 11.5 Å². The molecule has 0 N–H and O–H groups in total. The van der Waals surface area contributed by atoms with E-state index in [4.69, 9.17) is 0 Å². The van der Waals surface area contributed by atoms with Crippen molar-refractivity contribution in [2.45, 2.75) is 61.7 Å². The lowest BCUT2D eigenvalue weighted by Gasteiger charge is -2.26. The average molecular weight is 609 g/mol. The monoisotopic (exact) mass is 608 g/mol. The largest absolute Gasteiger partial charge is 0.451 e. The molecule has 41 heavy (non-hydrogen) atoms. The van der Waals surface area contributed by atoms with Crippen LogP contribution in [0.25, 0.3) is 11.1 Å². The first-order valence-electron chi connectivity index (χ1n) is 11.9. The topological polar surface area (TPSA) is 93.1 Å². The minimum Gasteiger partial charge on any atom is -0.298 e. The van der Waals surface area contributed by atoms with Crippen LogP contribution in [-0.4, -0.2) is 51.7 Å². The third kappa shape index (κ3) is 6.37. The number of hydrogen-bond acceptors (Lipinski definition) is 6. The lowest BCUT2D eigenvalue weighted by molar-refractivity contribution is -0.145. The van der Waals surface area contributed by atoms with E-state index in [1.807, 2.05) is 0 Å². The summed E-state index contributed by atoms with van der Waals surface area (Å²) >= 11 is 0. The zero-order chi connectivity index (χ0) is 30.3. The molecule has 0 unspecified atom stereocenters. The molecule has 1 aromatic carbocycles. The Hall–Kier alpha value is -3.53. The standard InChI is InChI=1S/C25H20F8N4O3S/c1-13-19(27)9-20(37(13)41(39,40)17-5-3-16(26)4-6-17)21(38)7-2-14-8-18(22(34-10-14)24(28,29)30)15-11-35-23(36-12-15)25(31,32)33/h3-6,8,10-13,19-20H,2,7,9H2,1H3/t13-,19+,20-/m0/s1. The highest BCUT2D eigenvalue weighted by molar-refractivity contribution is 7.89. The summed E-state index contributed by atoms with van der Waals surface area (Å²) in [6.07, 6.45) is -10.8. The van der Waals surface area contributed by atoms with Crippen LogP contribution in [0.1, 0.15) is 36.8 Å². The van der Waals surface area contributed by atoms with Gasteiger partial charge in [0.25, 0.3) is 0 Å². The third-order valence-corrected chi connectivity index (χ3v) is 8.54. The Labute approximate surface area is 228 Å². The smallest absolute Gasteiger partial charge is 0.298 e. The molecule has 0 aliphatic carbocycles. The Morgan fingerprint density at radius 1 is 0.976 bits per heavy atom. The van der Waals surface area contributed by atoms with Crippen molar-refractivity contribution in [1.82, 2.24) is 19.3 Å². The number of ketones is 1. The Balaban J connectivity index is 1.59. The zero-order valence-electron chi connectivity index (χ0n) is 20.9. The molecule has 3 aromatic rings. The number of nitrogens with zero attached hydrogens (tertiary/aromatic N) is 4. The number of alkyl halides is 7. The second kappa shape index (κ2) is 11.0. The van der Waals surface area contributed by atoms with Gasteiger partial charge in [-0.05, 0) is 49.2 Å². The Bertz CT molecular complexity index is 1530. The van der Waals surface area contributed by atoms with Gasteiger partial charge in [-0.25, -0.2) is 27.2 Å². The lowest BCUT2D eigenvalue weighted by Crippen LogP contribution is -2.44. The zero-order valence-corrected chi connectivity index (χ0v) is 21.7. The van der Waals surface area contributed by atoms with Crippen molar-refractivity contribution >= 4 is 15.8 Å². The van der Waals surface area contributed by atoms with E-state index in [0.29, 0.717) is 16.7 Å². The van der Waals surface area contributed by atoms with E-state index in [-0.39, 0.29) is 16.9 Å². The number of carbonyl (C=O) groups excluding carboxylic acids is 1. The summed E-state index contributed by atoms with van der Waals surface area (Å²) in [5, 5.41) is 0. The van der Waals surface area contributed by atoms with E-state index in [1.165, 1.54) is 6.92 Å². The number of Topliss-reactive ketones (excluding diaryl/α,β-unsaturated/α-hetero) is 1. The normalized spacial score (nSPS) is 20.4. The third-order valence-electron chi connectivity index (χ3n) is 6.53. The van der Waals surface area contributed by atoms with Crippen LogP contribution in [0.5, 0.6) is 0 Å². The second-order valence-corrected chi connectivity index (χ2v) is 11.1. The number of aryl methyl sites for hydroxylation is 1. The summed E-state index contributed by atoms with van der Waals surface area (Å²) in [5.41, 5.74) is -2.39. The number of halogens is 8. The van der Waals surface area contributed by atoms with Gasteiger partial charge < -0.3 is 0 Å². The summed E-state index contributed by atoms with van der Waals surface area (Å²) in [6.45, 7) is 1.28. The molecule has 1 fully saturated rings. The minimum absolute atomic E-state index is 0.0667. The summed E-state index contributed by atoms with van der Waals surface area (Å²) < 4.78 is 134. The number of rotatable bonds is 7. The molecule has 1 saturated heterocycles. The maximum atomic E-state index is 14.6. The van der Waals surface area contributed by atoms with Crippen molar-refractivity contribution in [3.05, 3.63) is 71.8 Å². The number of benzene rings is 1. The maximum absolute atomic E-state index is 14.6. The van der Waals surface area contributed by atoms with E-state index in [0.717, 1.165) is 36.5 Å². The summed E-state index contributed by atoms with van der Waals surface area (Å²) in [4.78, 5) is 22.3. The number of sulfonamides is 1. The SMILES string of the molecule is C[C@H]1[C@H](F)C[C@@H](C(=O)CCc2cnc(C(F)(F)F)c(-c3cnc(C(F)(F)F)nc3)c2)N1S(=O)(=O)c1ccc(F)cc1. The lowest BCUT2D eigenvalue weighted by atomic mass is 9.99. The van der Waals surface area contributed by atoms with Gasteiger partial charge >= 0.3 is 12.4 Å². The van der Waals surface area contributed by atoms with Crippen LogP contribution >= 0.6 is 0 Å². The van der Waals surface area contributed by atoms with Gasteiger partial charge in [0.1, 0.15) is 12.0 Å². The first kappa shape index (κ1) is 30.4. The van der Waals surface area contributed by atoms with Crippen LogP contribution in [0.15, 0.2) is 53.8 Å². The predicted molar refractivity (Wildman–Crippen MR) is 127 cm³/mol. The van der Waals surface area contributed by atoms with Gasteiger partial charge in [-0.3, -0.25) is 9.78 Å². The van der Waals surface area contributed by atoms with Gasteiger partial charge in [0.05, 0.1) is 17.0 Å². The number of hydrogen-bond donors (Lipinski definition) is 0. The molecule has 7 nitrogen and oxygen atoms in total. The van der Waals surface area contributed by atoms with E-state index in [9.17, 15) is 48.3 Å². The van der Waals surface area contributed by atoms with Crippen molar-refractivity contribution < 1.29 is 48.3 Å². The first-order valence-corrected chi connectivity index (χ1v) is 13.4. The van der Waals surface area contributed by atoms with Crippen molar-refractivity contribution in [3.8, 4) is 11.1 Å². The molecule has 0 amide bonds. The number of aromatic nitrogens is 3. The van der Waals surface area contributed by atoms with E-state index < -0.39 is 87.7 Å². The highest BCUT2D eigenvalue weighted by atomic mass is 32.2. The van der Waals surface area contributed by atoms with Crippen molar-refractivity contribution in [3.63, 3.8) is 0 Å². The van der Waals surface area contributed by atoms with Crippen LogP contribution in [-0.2, 0) is 33.6 Å². The predicted octanol–water partition coefficient (Wildman–Crippen LogP) is 5.41. The minimum atomic E-state index is -4.99. The van der Waals surface area contributed by atoms with Crippen LogP contribution in [0, 0.1) is 5.82 Å². The molecule has 4 rings (SSSR count). The molecule has 16 heteroatoms. The molecular formula is C25H20F8N4O3S. The van der Waals surface area contributed by atoms with E-state index >= 15 is 0 Å². The molecule has 2 aromatic heterocycles. The van der Waals surface area contributed by atoms with Crippen LogP contribution in [0.4, 0.5) is 35.1 Å². The highest BCUT2D eigenvalue weighted by Crippen LogP contribution is 2.37. The van der Waals surface area contributed by atoms with Gasteiger partial charge in [-0.2, -0.15) is 30.6 Å². The van der Waals surface area contributed by atoms with E-state index in [1.54, 1.807) is 0 Å². The molecule has 3 heterocycles. The maximum Gasteiger partial charge on any atom is 0.451 e. The molecule has 0 saturated carbocycles.